The lowest BCUT2D eigenvalue weighted by Crippen LogP contribution is -2.21. The highest BCUT2D eigenvalue weighted by Crippen LogP contribution is 2.31. The Bertz CT molecular complexity index is 590. The Morgan fingerprint density at radius 2 is 1.41 bits per heavy atom. The Morgan fingerprint density at radius 1 is 0.759 bits per heavy atom. The fourth-order valence-corrected chi connectivity index (χ4v) is 4.65. The maximum Gasteiger partial charge on any atom is 0.0948 e. The van der Waals surface area contributed by atoms with Crippen molar-refractivity contribution in [3.05, 3.63) is 54.6 Å². The summed E-state index contributed by atoms with van der Waals surface area (Å²) >= 11 is 0. The Labute approximate surface area is 180 Å². The molecule has 2 aromatic rings. The van der Waals surface area contributed by atoms with Crippen LogP contribution in [0.25, 0.3) is 0 Å². The molecule has 0 fully saturated rings. The second kappa shape index (κ2) is 15.3. The predicted molar refractivity (Wildman–Crippen MR) is 126 cm³/mol. The first kappa shape index (κ1) is 23.7. The molecule has 0 amide bonds. The zero-order chi connectivity index (χ0) is 20.6. The quantitative estimate of drug-likeness (QED) is 0.245. The van der Waals surface area contributed by atoms with Crippen LogP contribution < -0.4 is 0 Å². The highest BCUT2D eigenvalue weighted by Gasteiger charge is 2.22. The van der Waals surface area contributed by atoms with E-state index in [9.17, 15) is 0 Å². The lowest BCUT2D eigenvalue weighted by molar-refractivity contribution is 0.280. The van der Waals surface area contributed by atoms with Crippen LogP contribution in [0.5, 0.6) is 0 Å². The Balaban J connectivity index is 1.78. The Kier molecular flexibility index (Phi) is 12.5. The van der Waals surface area contributed by atoms with Crippen molar-refractivity contribution >= 4 is 0 Å². The molecular formula is C27H44N2. The van der Waals surface area contributed by atoms with Gasteiger partial charge in [-0.3, -0.25) is 0 Å². The summed E-state index contributed by atoms with van der Waals surface area (Å²) < 4.78 is 2.39. The maximum absolute atomic E-state index is 4.35. The summed E-state index contributed by atoms with van der Waals surface area (Å²) in [5.74, 6) is 0.690. The van der Waals surface area contributed by atoms with Crippen molar-refractivity contribution < 1.29 is 0 Å². The van der Waals surface area contributed by atoms with E-state index >= 15 is 0 Å². The molecule has 1 heterocycles. The first-order chi connectivity index (χ1) is 14.3. The number of imidazole rings is 1. The van der Waals surface area contributed by atoms with Crippen LogP contribution in [0.4, 0.5) is 0 Å². The zero-order valence-electron chi connectivity index (χ0n) is 19.1. The Hall–Kier alpha value is -1.57. The summed E-state index contributed by atoms with van der Waals surface area (Å²) in [7, 11) is 0. The first-order valence-electron chi connectivity index (χ1n) is 12.4. The van der Waals surface area contributed by atoms with Crippen LogP contribution in [0.15, 0.2) is 49.1 Å². The SMILES string of the molecule is CCCCCCCCCCCCC(C(CCC)Cc1ccccc1)n1ccnc1. The second-order valence-electron chi connectivity index (χ2n) is 8.79. The van der Waals surface area contributed by atoms with Crippen molar-refractivity contribution in [2.24, 2.45) is 5.92 Å². The first-order valence-corrected chi connectivity index (χ1v) is 12.4. The monoisotopic (exact) mass is 396 g/mol. The van der Waals surface area contributed by atoms with Crippen molar-refractivity contribution in [2.45, 2.75) is 110 Å². The number of nitrogens with zero attached hydrogens (tertiary/aromatic N) is 2. The van der Waals surface area contributed by atoms with E-state index in [2.05, 4.69) is 59.9 Å². The molecule has 0 N–H and O–H groups in total. The second-order valence-corrected chi connectivity index (χ2v) is 8.79. The fraction of sp³-hybridized carbons (Fsp3) is 0.667. The van der Waals surface area contributed by atoms with Crippen LogP contribution in [-0.2, 0) is 6.42 Å². The topological polar surface area (TPSA) is 17.8 Å². The molecule has 0 aliphatic carbocycles. The molecule has 1 aromatic carbocycles. The van der Waals surface area contributed by atoms with Gasteiger partial charge in [0.2, 0.25) is 0 Å². The van der Waals surface area contributed by atoms with E-state index in [1.807, 2.05) is 12.5 Å². The molecule has 2 nitrogen and oxygen atoms in total. The highest BCUT2D eigenvalue weighted by molar-refractivity contribution is 5.15. The van der Waals surface area contributed by atoms with Crippen molar-refractivity contribution in [1.29, 1.82) is 0 Å². The molecule has 0 aliphatic heterocycles. The number of hydrogen-bond donors (Lipinski definition) is 0. The molecule has 1 aromatic heterocycles. The molecule has 2 heteroatoms. The third-order valence-electron chi connectivity index (χ3n) is 6.31. The minimum absolute atomic E-state index is 0.576. The van der Waals surface area contributed by atoms with Crippen LogP contribution in [0.1, 0.15) is 109 Å². The predicted octanol–water partition coefficient (Wildman–Crippen LogP) is 8.39. The number of benzene rings is 1. The molecule has 162 valence electrons. The summed E-state index contributed by atoms with van der Waals surface area (Å²) in [6.45, 7) is 4.62. The molecule has 0 saturated heterocycles. The third kappa shape index (κ3) is 9.65. The third-order valence-corrected chi connectivity index (χ3v) is 6.31. The molecule has 2 rings (SSSR count). The number of rotatable bonds is 17. The number of unbranched alkanes of at least 4 members (excludes halogenated alkanes) is 9. The molecular weight excluding hydrogens is 352 g/mol. The normalized spacial score (nSPS) is 13.4. The maximum atomic E-state index is 4.35. The van der Waals surface area contributed by atoms with Gasteiger partial charge < -0.3 is 4.57 Å². The summed E-state index contributed by atoms with van der Waals surface area (Å²) in [6.07, 6.45) is 25.2. The smallest absolute Gasteiger partial charge is 0.0948 e. The largest absolute Gasteiger partial charge is 0.334 e. The van der Waals surface area contributed by atoms with Gasteiger partial charge in [-0.05, 0) is 30.7 Å². The van der Waals surface area contributed by atoms with Gasteiger partial charge in [0.15, 0.2) is 0 Å². The zero-order valence-corrected chi connectivity index (χ0v) is 19.1. The van der Waals surface area contributed by atoms with Crippen molar-refractivity contribution in [1.82, 2.24) is 9.55 Å². The average Bonchev–Trinajstić information content (AvgIpc) is 3.27. The van der Waals surface area contributed by atoms with Gasteiger partial charge in [0.05, 0.1) is 6.33 Å². The standard InChI is InChI=1S/C27H44N2/c1-3-5-6-7-8-9-10-11-12-16-20-27(29-22-21-28-24-29)26(17-4-2)23-25-18-14-13-15-19-25/h13-15,18-19,21-22,24,26-27H,3-12,16-17,20,23H2,1-2H3. The fourth-order valence-electron chi connectivity index (χ4n) is 4.65. The van der Waals surface area contributed by atoms with E-state index in [1.165, 1.54) is 95.5 Å². The van der Waals surface area contributed by atoms with Gasteiger partial charge in [0.1, 0.15) is 0 Å². The van der Waals surface area contributed by atoms with Gasteiger partial charge in [-0.25, -0.2) is 4.98 Å². The van der Waals surface area contributed by atoms with Crippen molar-refractivity contribution in [3.63, 3.8) is 0 Å². The summed E-state index contributed by atoms with van der Waals surface area (Å²) in [5.41, 5.74) is 1.47. The van der Waals surface area contributed by atoms with Crippen LogP contribution in [-0.4, -0.2) is 9.55 Å². The average molecular weight is 397 g/mol. The van der Waals surface area contributed by atoms with E-state index in [4.69, 9.17) is 0 Å². The van der Waals surface area contributed by atoms with Crippen molar-refractivity contribution in [3.8, 4) is 0 Å². The van der Waals surface area contributed by atoms with Crippen LogP contribution in [0.2, 0.25) is 0 Å². The highest BCUT2D eigenvalue weighted by atomic mass is 15.1. The molecule has 0 spiro atoms. The van der Waals surface area contributed by atoms with Gasteiger partial charge in [0.25, 0.3) is 0 Å². The van der Waals surface area contributed by atoms with E-state index in [-0.39, 0.29) is 0 Å². The van der Waals surface area contributed by atoms with Crippen LogP contribution in [0.3, 0.4) is 0 Å². The molecule has 0 radical (unpaired) electrons. The molecule has 2 atom stereocenters. The minimum Gasteiger partial charge on any atom is -0.334 e. The number of hydrogen-bond acceptors (Lipinski definition) is 1. The molecule has 0 bridgehead atoms. The van der Waals surface area contributed by atoms with Gasteiger partial charge in [-0.15, -0.1) is 0 Å². The lowest BCUT2D eigenvalue weighted by atomic mass is 9.85. The molecule has 29 heavy (non-hydrogen) atoms. The van der Waals surface area contributed by atoms with E-state index < -0.39 is 0 Å². The summed E-state index contributed by atoms with van der Waals surface area (Å²) in [5, 5.41) is 0. The van der Waals surface area contributed by atoms with Gasteiger partial charge in [-0.2, -0.15) is 0 Å². The molecule has 0 saturated carbocycles. The lowest BCUT2D eigenvalue weighted by Gasteiger charge is -2.28. The summed E-state index contributed by atoms with van der Waals surface area (Å²) in [4.78, 5) is 4.35. The molecule has 2 unspecified atom stereocenters. The summed E-state index contributed by atoms with van der Waals surface area (Å²) in [6, 6.07) is 11.6. The van der Waals surface area contributed by atoms with E-state index in [0.29, 0.717) is 12.0 Å². The Morgan fingerprint density at radius 3 is 2.00 bits per heavy atom. The van der Waals surface area contributed by atoms with Gasteiger partial charge in [-0.1, -0.05) is 115 Å². The van der Waals surface area contributed by atoms with E-state index in [0.717, 1.165) is 0 Å². The molecule has 0 aliphatic rings. The van der Waals surface area contributed by atoms with Crippen molar-refractivity contribution in [2.75, 3.05) is 0 Å². The van der Waals surface area contributed by atoms with Crippen LogP contribution >= 0.6 is 0 Å². The minimum atomic E-state index is 0.576. The van der Waals surface area contributed by atoms with Gasteiger partial charge in [0, 0.05) is 18.4 Å². The number of aromatic nitrogens is 2. The van der Waals surface area contributed by atoms with Crippen LogP contribution in [0, 0.1) is 5.92 Å². The van der Waals surface area contributed by atoms with E-state index in [1.54, 1.807) is 0 Å². The van der Waals surface area contributed by atoms with Gasteiger partial charge >= 0.3 is 0 Å².